The van der Waals surface area contributed by atoms with Crippen molar-refractivity contribution < 1.29 is 9.90 Å². The van der Waals surface area contributed by atoms with Crippen molar-refractivity contribution in [1.82, 2.24) is 10.6 Å². The molecule has 0 aromatic rings. The number of hydrogen-bond donors (Lipinski definition) is 3. The van der Waals surface area contributed by atoms with Crippen molar-refractivity contribution in [3.63, 3.8) is 0 Å². The van der Waals surface area contributed by atoms with Crippen LogP contribution in [0.4, 0.5) is 4.79 Å². The summed E-state index contributed by atoms with van der Waals surface area (Å²) in [6, 6.07) is 0.159. The summed E-state index contributed by atoms with van der Waals surface area (Å²) in [5, 5.41) is 14.0. The molecule has 1 aliphatic rings. The molecule has 0 bridgehead atoms. The molecular formula is C9H18N2O2. The Bertz CT molecular complexity index is 173. The molecule has 4 heteroatoms. The van der Waals surface area contributed by atoms with Crippen LogP contribution in [0, 0.1) is 5.92 Å². The zero-order chi connectivity index (χ0) is 9.68. The number of hydrogen-bond acceptors (Lipinski definition) is 2. The molecule has 1 fully saturated rings. The van der Waals surface area contributed by atoms with Crippen LogP contribution in [0.2, 0.25) is 0 Å². The van der Waals surface area contributed by atoms with Crippen LogP contribution in [0.25, 0.3) is 0 Å². The Kier molecular flexibility index (Phi) is 4.02. The molecule has 0 aliphatic heterocycles. The topological polar surface area (TPSA) is 61.4 Å². The highest BCUT2D eigenvalue weighted by molar-refractivity contribution is 5.74. The lowest BCUT2D eigenvalue weighted by atomic mass is 10.1. The fourth-order valence-electron chi connectivity index (χ4n) is 1.75. The number of aliphatic hydroxyl groups is 1. The van der Waals surface area contributed by atoms with E-state index in [1.54, 1.807) is 0 Å². The Labute approximate surface area is 78.7 Å². The molecule has 0 aromatic heterocycles. The van der Waals surface area contributed by atoms with Crippen LogP contribution >= 0.6 is 0 Å². The van der Waals surface area contributed by atoms with Crippen molar-refractivity contribution in [3.8, 4) is 0 Å². The minimum Gasteiger partial charge on any atom is -0.395 e. The minimum absolute atomic E-state index is 0.00631. The molecule has 13 heavy (non-hydrogen) atoms. The molecule has 0 spiro atoms. The third kappa shape index (κ3) is 3.22. The number of carbonyl (C=O) groups excluding carboxylic acids is 1. The summed E-state index contributed by atoms with van der Waals surface area (Å²) in [6.07, 6.45) is 3.48. The predicted octanol–water partition coefficient (Wildman–Crippen LogP) is 0.466. The average molecular weight is 186 g/mol. The number of aliphatic hydroxyl groups excluding tert-OH is 1. The number of nitrogens with one attached hydrogen (secondary N) is 2. The van der Waals surface area contributed by atoms with Crippen LogP contribution in [0.5, 0.6) is 0 Å². The lowest BCUT2D eigenvalue weighted by molar-refractivity contribution is 0.228. The van der Waals surface area contributed by atoms with E-state index in [1.807, 2.05) is 0 Å². The van der Waals surface area contributed by atoms with Gasteiger partial charge in [0, 0.05) is 12.6 Å². The van der Waals surface area contributed by atoms with Crippen LogP contribution in [-0.4, -0.2) is 30.3 Å². The first-order valence-electron chi connectivity index (χ1n) is 4.89. The van der Waals surface area contributed by atoms with E-state index in [1.165, 1.54) is 12.8 Å². The van der Waals surface area contributed by atoms with Gasteiger partial charge >= 0.3 is 6.03 Å². The fraction of sp³-hybridized carbons (Fsp3) is 0.889. The maximum atomic E-state index is 11.2. The molecule has 1 saturated carbocycles. The Morgan fingerprint density at radius 2 is 2.31 bits per heavy atom. The molecule has 2 amide bonds. The molecule has 2 atom stereocenters. The largest absolute Gasteiger partial charge is 0.395 e. The van der Waals surface area contributed by atoms with Crippen LogP contribution in [0.1, 0.15) is 26.2 Å². The third-order valence-corrected chi connectivity index (χ3v) is 2.58. The van der Waals surface area contributed by atoms with E-state index in [0.717, 1.165) is 6.42 Å². The normalized spacial score (nSPS) is 27.2. The maximum absolute atomic E-state index is 11.2. The number of rotatable bonds is 3. The Hall–Kier alpha value is -0.770. The second-order valence-electron chi connectivity index (χ2n) is 3.64. The van der Waals surface area contributed by atoms with E-state index >= 15 is 0 Å². The van der Waals surface area contributed by atoms with Crippen molar-refractivity contribution in [2.45, 2.75) is 32.2 Å². The van der Waals surface area contributed by atoms with Crippen LogP contribution < -0.4 is 10.6 Å². The van der Waals surface area contributed by atoms with Gasteiger partial charge in [0.15, 0.2) is 0 Å². The molecule has 0 radical (unpaired) electrons. The van der Waals surface area contributed by atoms with Gasteiger partial charge < -0.3 is 15.7 Å². The second kappa shape index (κ2) is 5.07. The molecule has 0 aromatic carbocycles. The lowest BCUT2D eigenvalue weighted by Crippen LogP contribution is -2.43. The van der Waals surface area contributed by atoms with Gasteiger partial charge in [-0.15, -0.1) is 0 Å². The van der Waals surface area contributed by atoms with Gasteiger partial charge in [-0.2, -0.15) is 0 Å². The molecule has 0 saturated heterocycles. The first kappa shape index (κ1) is 10.3. The predicted molar refractivity (Wildman–Crippen MR) is 50.4 cm³/mol. The van der Waals surface area contributed by atoms with E-state index in [0.29, 0.717) is 18.5 Å². The second-order valence-corrected chi connectivity index (χ2v) is 3.64. The summed E-state index contributed by atoms with van der Waals surface area (Å²) in [4.78, 5) is 11.2. The van der Waals surface area contributed by atoms with Crippen LogP contribution in [-0.2, 0) is 0 Å². The van der Waals surface area contributed by atoms with E-state index in [4.69, 9.17) is 5.11 Å². The monoisotopic (exact) mass is 186 g/mol. The smallest absolute Gasteiger partial charge is 0.315 e. The highest BCUT2D eigenvalue weighted by Crippen LogP contribution is 2.24. The van der Waals surface area contributed by atoms with Crippen molar-refractivity contribution in [2.75, 3.05) is 13.2 Å². The van der Waals surface area contributed by atoms with Gasteiger partial charge in [0.1, 0.15) is 0 Å². The minimum atomic E-state index is -0.159. The first-order valence-corrected chi connectivity index (χ1v) is 4.89. The summed E-state index contributed by atoms with van der Waals surface area (Å²) >= 11 is 0. The number of carbonyl (C=O) groups is 1. The van der Waals surface area contributed by atoms with Crippen molar-refractivity contribution >= 4 is 6.03 Å². The van der Waals surface area contributed by atoms with Gasteiger partial charge in [-0.05, 0) is 18.8 Å². The summed E-state index contributed by atoms with van der Waals surface area (Å²) < 4.78 is 0. The fourth-order valence-corrected chi connectivity index (χ4v) is 1.75. The van der Waals surface area contributed by atoms with Crippen molar-refractivity contribution in [2.24, 2.45) is 5.92 Å². The molecule has 4 nitrogen and oxygen atoms in total. The van der Waals surface area contributed by atoms with E-state index in [-0.39, 0.29) is 12.6 Å². The molecular weight excluding hydrogens is 168 g/mol. The van der Waals surface area contributed by atoms with Gasteiger partial charge in [0.25, 0.3) is 0 Å². The van der Waals surface area contributed by atoms with E-state index in [2.05, 4.69) is 17.6 Å². The molecule has 1 rings (SSSR count). The molecule has 0 heterocycles. The van der Waals surface area contributed by atoms with Gasteiger partial charge in [-0.25, -0.2) is 4.79 Å². The van der Waals surface area contributed by atoms with Gasteiger partial charge in [-0.3, -0.25) is 0 Å². The zero-order valence-corrected chi connectivity index (χ0v) is 8.05. The maximum Gasteiger partial charge on any atom is 0.315 e. The molecule has 76 valence electrons. The zero-order valence-electron chi connectivity index (χ0n) is 8.05. The lowest BCUT2D eigenvalue weighted by Gasteiger charge is -2.17. The van der Waals surface area contributed by atoms with Crippen LogP contribution in [0.15, 0.2) is 0 Å². The van der Waals surface area contributed by atoms with E-state index < -0.39 is 0 Å². The standard InChI is InChI=1S/C9H18N2O2/c1-7-3-2-4-8(7)11-9(13)10-5-6-12/h7-8,12H,2-6H2,1H3,(H2,10,11,13). The Balaban J connectivity index is 2.19. The van der Waals surface area contributed by atoms with Crippen molar-refractivity contribution in [3.05, 3.63) is 0 Å². The number of amides is 2. The SMILES string of the molecule is CC1CCCC1NC(=O)NCCO. The molecule has 3 N–H and O–H groups in total. The first-order chi connectivity index (χ1) is 6.24. The van der Waals surface area contributed by atoms with E-state index in [9.17, 15) is 4.79 Å². The van der Waals surface area contributed by atoms with Crippen molar-refractivity contribution in [1.29, 1.82) is 0 Å². The van der Waals surface area contributed by atoms with Gasteiger partial charge in [0.05, 0.1) is 6.61 Å². The molecule has 2 unspecified atom stereocenters. The number of urea groups is 1. The average Bonchev–Trinajstić information content (AvgIpc) is 2.48. The van der Waals surface area contributed by atoms with Crippen LogP contribution in [0.3, 0.4) is 0 Å². The summed E-state index contributed by atoms with van der Waals surface area (Å²) in [7, 11) is 0. The quantitative estimate of drug-likeness (QED) is 0.600. The highest BCUT2D eigenvalue weighted by atomic mass is 16.3. The molecule has 1 aliphatic carbocycles. The summed E-state index contributed by atoms with van der Waals surface area (Å²) in [5.41, 5.74) is 0. The third-order valence-electron chi connectivity index (χ3n) is 2.58. The highest BCUT2D eigenvalue weighted by Gasteiger charge is 2.24. The van der Waals surface area contributed by atoms with Gasteiger partial charge in [-0.1, -0.05) is 13.3 Å². The Morgan fingerprint density at radius 1 is 1.54 bits per heavy atom. The Morgan fingerprint density at radius 3 is 2.85 bits per heavy atom. The summed E-state index contributed by atoms with van der Waals surface area (Å²) in [6.45, 7) is 2.48. The summed E-state index contributed by atoms with van der Waals surface area (Å²) in [5.74, 6) is 0.583. The van der Waals surface area contributed by atoms with Gasteiger partial charge in [0.2, 0.25) is 0 Å².